The van der Waals surface area contributed by atoms with Crippen molar-refractivity contribution in [2.75, 3.05) is 26.1 Å². The van der Waals surface area contributed by atoms with Crippen molar-refractivity contribution in [1.29, 1.82) is 0 Å². The average molecular weight is 313 g/mol. The molecule has 1 saturated carbocycles. The van der Waals surface area contributed by atoms with E-state index >= 15 is 0 Å². The zero-order valence-electron chi connectivity index (χ0n) is 12.7. The lowest BCUT2D eigenvalue weighted by Gasteiger charge is -2.12. The number of hydrogen-bond acceptors (Lipinski definition) is 5. The molecular formula is C15H23NO4S. The van der Waals surface area contributed by atoms with Crippen LogP contribution < -0.4 is 10.5 Å². The Kier molecular flexibility index (Phi) is 4.60. The fraction of sp³-hybridized carbons (Fsp3) is 0.600. The van der Waals surface area contributed by atoms with Gasteiger partial charge in [-0.2, -0.15) is 0 Å². The van der Waals surface area contributed by atoms with E-state index in [1.54, 1.807) is 14.0 Å². The Morgan fingerprint density at radius 1 is 1.24 bits per heavy atom. The van der Waals surface area contributed by atoms with Gasteiger partial charge in [-0.15, -0.1) is 0 Å². The predicted octanol–water partition coefficient (Wildman–Crippen LogP) is 1.33. The number of benzene rings is 1. The van der Waals surface area contributed by atoms with Gasteiger partial charge in [-0.05, 0) is 24.6 Å². The summed E-state index contributed by atoms with van der Waals surface area (Å²) in [6.07, 6.45) is 0. The molecule has 1 aliphatic rings. The van der Waals surface area contributed by atoms with Gasteiger partial charge in [0.15, 0.2) is 9.84 Å². The van der Waals surface area contributed by atoms with Crippen molar-refractivity contribution >= 4 is 9.84 Å². The molecule has 1 aromatic carbocycles. The SMILES string of the molecule is CCOC[C@@]1(N)[C@H](S(=O)(=O)CC)[C@@H]1c1ccc(OC)cc1. The molecule has 0 amide bonds. The molecule has 1 aliphatic carbocycles. The second-order valence-corrected chi connectivity index (χ2v) is 7.78. The molecule has 0 spiro atoms. The van der Waals surface area contributed by atoms with Crippen molar-refractivity contribution in [2.24, 2.45) is 5.73 Å². The van der Waals surface area contributed by atoms with Crippen LogP contribution in [0.15, 0.2) is 24.3 Å². The normalized spacial score (nSPS) is 28.4. The molecule has 6 heteroatoms. The van der Waals surface area contributed by atoms with E-state index in [0.29, 0.717) is 6.61 Å². The van der Waals surface area contributed by atoms with E-state index in [1.807, 2.05) is 31.2 Å². The third-order valence-corrected chi connectivity index (χ3v) is 6.41. The molecule has 1 aromatic rings. The quantitative estimate of drug-likeness (QED) is 0.821. The van der Waals surface area contributed by atoms with Crippen LogP contribution in [-0.2, 0) is 14.6 Å². The summed E-state index contributed by atoms with van der Waals surface area (Å²) < 4.78 is 35.1. The Balaban J connectivity index is 2.30. The minimum Gasteiger partial charge on any atom is -0.497 e. The van der Waals surface area contributed by atoms with Crippen LogP contribution in [0.4, 0.5) is 0 Å². The first kappa shape index (κ1) is 16.3. The summed E-state index contributed by atoms with van der Waals surface area (Å²) in [6, 6.07) is 7.40. The van der Waals surface area contributed by atoms with E-state index in [9.17, 15) is 8.42 Å². The van der Waals surface area contributed by atoms with Crippen LogP contribution in [0.25, 0.3) is 0 Å². The monoisotopic (exact) mass is 313 g/mol. The number of nitrogens with two attached hydrogens (primary N) is 1. The van der Waals surface area contributed by atoms with Crippen molar-refractivity contribution in [2.45, 2.75) is 30.6 Å². The van der Waals surface area contributed by atoms with E-state index in [0.717, 1.165) is 11.3 Å². The van der Waals surface area contributed by atoms with Crippen LogP contribution in [0.5, 0.6) is 5.75 Å². The number of ether oxygens (including phenoxy) is 2. The summed E-state index contributed by atoms with van der Waals surface area (Å²) in [5.74, 6) is 0.608. The van der Waals surface area contributed by atoms with E-state index < -0.39 is 20.6 Å². The first-order valence-electron chi connectivity index (χ1n) is 7.12. The first-order chi connectivity index (χ1) is 9.90. The van der Waals surface area contributed by atoms with Crippen molar-refractivity contribution in [3.8, 4) is 5.75 Å². The van der Waals surface area contributed by atoms with Crippen LogP contribution in [-0.4, -0.2) is 45.3 Å². The van der Waals surface area contributed by atoms with Crippen LogP contribution in [0.1, 0.15) is 25.3 Å². The zero-order chi connectivity index (χ0) is 15.7. The Hall–Kier alpha value is -1.11. The highest BCUT2D eigenvalue weighted by molar-refractivity contribution is 7.92. The van der Waals surface area contributed by atoms with Gasteiger partial charge < -0.3 is 15.2 Å². The molecule has 118 valence electrons. The summed E-state index contributed by atoms with van der Waals surface area (Å²) in [7, 11) is -1.62. The minimum atomic E-state index is -3.21. The smallest absolute Gasteiger partial charge is 0.155 e. The zero-order valence-corrected chi connectivity index (χ0v) is 13.5. The molecule has 0 unspecified atom stereocenters. The molecule has 1 fully saturated rings. The van der Waals surface area contributed by atoms with Crippen molar-refractivity contribution in [3.63, 3.8) is 0 Å². The fourth-order valence-electron chi connectivity index (χ4n) is 2.89. The van der Waals surface area contributed by atoms with Gasteiger partial charge in [-0.25, -0.2) is 8.42 Å². The van der Waals surface area contributed by atoms with E-state index in [2.05, 4.69) is 0 Å². The van der Waals surface area contributed by atoms with Crippen molar-refractivity contribution < 1.29 is 17.9 Å². The molecule has 5 nitrogen and oxygen atoms in total. The summed E-state index contributed by atoms with van der Waals surface area (Å²) in [5.41, 5.74) is 6.43. The van der Waals surface area contributed by atoms with Gasteiger partial charge >= 0.3 is 0 Å². The summed E-state index contributed by atoms with van der Waals surface area (Å²) >= 11 is 0. The molecule has 0 aromatic heterocycles. The molecule has 0 heterocycles. The van der Waals surface area contributed by atoms with Gasteiger partial charge in [-0.1, -0.05) is 19.1 Å². The largest absolute Gasteiger partial charge is 0.497 e. The molecule has 2 N–H and O–H groups in total. The second-order valence-electron chi connectivity index (χ2n) is 5.37. The summed E-state index contributed by atoms with van der Waals surface area (Å²) in [4.78, 5) is 0. The molecule has 0 saturated heterocycles. The maximum Gasteiger partial charge on any atom is 0.155 e. The van der Waals surface area contributed by atoms with Gasteiger partial charge in [0.05, 0.1) is 24.5 Å². The summed E-state index contributed by atoms with van der Waals surface area (Å²) in [5, 5.41) is -0.574. The fourth-order valence-corrected chi connectivity index (χ4v) is 4.88. The van der Waals surface area contributed by atoms with E-state index in [-0.39, 0.29) is 18.3 Å². The Morgan fingerprint density at radius 3 is 2.33 bits per heavy atom. The molecule has 0 radical (unpaired) electrons. The topological polar surface area (TPSA) is 78.6 Å². The highest BCUT2D eigenvalue weighted by atomic mass is 32.2. The number of hydrogen-bond donors (Lipinski definition) is 1. The molecule has 0 aliphatic heterocycles. The van der Waals surface area contributed by atoms with Crippen LogP contribution >= 0.6 is 0 Å². The van der Waals surface area contributed by atoms with Gasteiger partial charge in [-0.3, -0.25) is 0 Å². The van der Waals surface area contributed by atoms with Crippen LogP contribution in [0.3, 0.4) is 0 Å². The Bertz CT molecular complexity index is 584. The van der Waals surface area contributed by atoms with E-state index in [1.165, 1.54) is 0 Å². The predicted molar refractivity (Wildman–Crippen MR) is 82.4 cm³/mol. The van der Waals surface area contributed by atoms with Crippen molar-refractivity contribution in [3.05, 3.63) is 29.8 Å². The first-order valence-corrected chi connectivity index (χ1v) is 8.84. The summed E-state index contributed by atoms with van der Waals surface area (Å²) in [6.45, 7) is 4.30. The third kappa shape index (κ3) is 2.93. The molecule has 0 bridgehead atoms. The Labute approximate surface area is 126 Å². The lowest BCUT2D eigenvalue weighted by atomic mass is 10.1. The Morgan fingerprint density at radius 2 is 1.86 bits per heavy atom. The van der Waals surface area contributed by atoms with Crippen LogP contribution in [0.2, 0.25) is 0 Å². The third-order valence-electron chi connectivity index (χ3n) is 4.12. The van der Waals surface area contributed by atoms with Gasteiger partial charge in [0.25, 0.3) is 0 Å². The second kappa shape index (κ2) is 5.94. The number of sulfone groups is 1. The highest BCUT2D eigenvalue weighted by Crippen LogP contribution is 2.54. The van der Waals surface area contributed by atoms with Crippen molar-refractivity contribution in [1.82, 2.24) is 0 Å². The maximum atomic E-state index is 12.3. The number of rotatable bonds is 7. The highest BCUT2D eigenvalue weighted by Gasteiger charge is 2.68. The van der Waals surface area contributed by atoms with Gasteiger partial charge in [0, 0.05) is 18.3 Å². The minimum absolute atomic E-state index is 0.0927. The average Bonchev–Trinajstić information content (AvgIpc) is 3.12. The van der Waals surface area contributed by atoms with Gasteiger partial charge in [0.2, 0.25) is 0 Å². The standard InChI is InChI=1S/C15H23NO4S/c1-4-20-10-15(16)13(14(15)21(17,18)5-2)11-6-8-12(19-3)9-7-11/h6-9,13-14H,4-5,10,16H2,1-3H3/t13-,14+,15-/m0/s1. The molecule has 21 heavy (non-hydrogen) atoms. The van der Waals surface area contributed by atoms with Crippen LogP contribution in [0, 0.1) is 0 Å². The molecule has 2 rings (SSSR count). The number of methoxy groups -OCH3 is 1. The van der Waals surface area contributed by atoms with Gasteiger partial charge in [0.1, 0.15) is 5.75 Å². The lowest BCUT2D eigenvalue weighted by Crippen LogP contribution is -2.36. The molecular weight excluding hydrogens is 290 g/mol. The lowest BCUT2D eigenvalue weighted by molar-refractivity contribution is 0.125. The maximum absolute atomic E-state index is 12.3. The molecule has 3 atom stereocenters. The van der Waals surface area contributed by atoms with E-state index in [4.69, 9.17) is 15.2 Å².